The van der Waals surface area contributed by atoms with Gasteiger partial charge in [0.1, 0.15) is 0 Å². The smallest absolute Gasteiger partial charge is 0.0619 e. The third-order valence-electron chi connectivity index (χ3n) is 2.21. The minimum absolute atomic E-state index is 0.703. The summed E-state index contributed by atoms with van der Waals surface area (Å²) >= 11 is 10.3. The standard InChI is InChI=1S/C12H9Br3N2/c13-7-1-3-11(9(15)5-7)17-12-4-2-8(14)6-10(12)16/h1-6,17H,16H2. The minimum Gasteiger partial charge on any atom is -0.397 e. The van der Waals surface area contributed by atoms with Gasteiger partial charge in [-0.1, -0.05) is 31.9 Å². The van der Waals surface area contributed by atoms with Crippen molar-refractivity contribution in [3.63, 3.8) is 0 Å². The van der Waals surface area contributed by atoms with Crippen molar-refractivity contribution in [1.82, 2.24) is 0 Å². The molecule has 0 spiro atoms. The molecular weight excluding hydrogens is 412 g/mol. The zero-order valence-electron chi connectivity index (χ0n) is 8.68. The predicted molar refractivity (Wildman–Crippen MR) is 83.7 cm³/mol. The number of halogens is 3. The average Bonchev–Trinajstić information content (AvgIpc) is 2.25. The summed E-state index contributed by atoms with van der Waals surface area (Å²) in [4.78, 5) is 0. The van der Waals surface area contributed by atoms with Crippen LogP contribution in [0.15, 0.2) is 49.8 Å². The molecule has 3 N–H and O–H groups in total. The van der Waals surface area contributed by atoms with Crippen LogP contribution in [0.5, 0.6) is 0 Å². The van der Waals surface area contributed by atoms with Gasteiger partial charge < -0.3 is 11.1 Å². The molecule has 0 fully saturated rings. The van der Waals surface area contributed by atoms with Gasteiger partial charge in [-0.2, -0.15) is 0 Å². The van der Waals surface area contributed by atoms with Crippen LogP contribution in [0.3, 0.4) is 0 Å². The summed E-state index contributed by atoms with van der Waals surface area (Å²) in [6, 6.07) is 11.7. The largest absolute Gasteiger partial charge is 0.397 e. The summed E-state index contributed by atoms with van der Waals surface area (Å²) in [5.41, 5.74) is 8.49. The fourth-order valence-corrected chi connectivity index (χ4v) is 2.91. The van der Waals surface area contributed by atoms with Crippen LogP contribution in [0.25, 0.3) is 0 Å². The molecule has 0 atom stereocenters. The molecule has 2 nitrogen and oxygen atoms in total. The molecule has 17 heavy (non-hydrogen) atoms. The van der Waals surface area contributed by atoms with E-state index in [-0.39, 0.29) is 0 Å². The first kappa shape index (κ1) is 12.9. The van der Waals surface area contributed by atoms with Crippen molar-refractivity contribution in [2.45, 2.75) is 0 Å². The van der Waals surface area contributed by atoms with Crippen molar-refractivity contribution >= 4 is 64.9 Å². The Labute approximate surface area is 125 Å². The van der Waals surface area contributed by atoms with Gasteiger partial charge in [-0.3, -0.25) is 0 Å². The predicted octanol–water partition coefficient (Wildman–Crippen LogP) is 5.30. The maximum Gasteiger partial charge on any atom is 0.0619 e. The molecule has 0 radical (unpaired) electrons. The zero-order valence-corrected chi connectivity index (χ0v) is 13.4. The summed E-state index contributed by atoms with van der Waals surface area (Å²) in [6.45, 7) is 0. The van der Waals surface area contributed by atoms with E-state index < -0.39 is 0 Å². The van der Waals surface area contributed by atoms with Gasteiger partial charge in [0.15, 0.2) is 0 Å². The molecule has 0 bridgehead atoms. The Morgan fingerprint density at radius 1 is 0.824 bits per heavy atom. The lowest BCUT2D eigenvalue weighted by atomic mass is 10.2. The monoisotopic (exact) mass is 418 g/mol. The van der Waals surface area contributed by atoms with Crippen molar-refractivity contribution < 1.29 is 0 Å². The molecule has 0 aliphatic carbocycles. The average molecular weight is 421 g/mol. The Kier molecular flexibility index (Phi) is 4.12. The molecule has 0 aromatic heterocycles. The van der Waals surface area contributed by atoms with Gasteiger partial charge in [0.25, 0.3) is 0 Å². The van der Waals surface area contributed by atoms with Gasteiger partial charge in [-0.25, -0.2) is 0 Å². The lowest BCUT2D eigenvalue weighted by Gasteiger charge is -2.11. The number of nitrogen functional groups attached to an aromatic ring is 1. The molecule has 5 heteroatoms. The van der Waals surface area contributed by atoms with E-state index in [1.165, 1.54) is 0 Å². The molecule has 2 rings (SSSR count). The second-order valence-corrected chi connectivity index (χ2v) is 6.17. The molecule has 88 valence electrons. The van der Waals surface area contributed by atoms with Gasteiger partial charge in [0.05, 0.1) is 17.1 Å². The van der Waals surface area contributed by atoms with Crippen molar-refractivity contribution in [1.29, 1.82) is 0 Å². The molecule has 0 aliphatic rings. The van der Waals surface area contributed by atoms with Crippen molar-refractivity contribution in [2.75, 3.05) is 11.1 Å². The van der Waals surface area contributed by atoms with Gasteiger partial charge >= 0.3 is 0 Å². The summed E-state index contributed by atoms with van der Waals surface area (Å²) in [7, 11) is 0. The number of hydrogen-bond acceptors (Lipinski definition) is 2. The van der Waals surface area contributed by atoms with E-state index in [2.05, 4.69) is 53.1 Å². The number of hydrogen-bond donors (Lipinski definition) is 2. The Morgan fingerprint density at radius 2 is 1.41 bits per heavy atom. The fraction of sp³-hybridized carbons (Fsp3) is 0. The Balaban J connectivity index is 2.31. The topological polar surface area (TPSA) is 38.0 Å². The molecule has 2 aromatic carbocycles. The van der Waals surface area contributed by atoms with E-state index in [9.17, 15) is 0 Å². The van der Waals surface area contributed by atoms with E-state index in [0.717, 1.165) is 24.8 Å². The van der Waals surface area contributed by atoms with Crippen LogP contribution in [0.2, 0.25) is 0 Å². The van der Waals surface area contributed by atoms with E-state index in [1.807, 2.05) is 36.4 Å². The quantitative estimate of drug-likeness (QED) is 0.647. The van der Waals surface area contributed by atoms with Gasteiger partial charge in [-0.15, -0.1) is 0 Å². The molecule has 0 saturated carbocycles. The molecule has 2 aromatic rings. The highest BCUT2D eigenvalue weighted by molar-refractivity contribution is 9.11. The second-order valence-electron chi connectivity index (χ2n) is 3.48. The fourth-order valence-electron chi connectivity index (χ4n) is 1.38. The number of nitrogens with two attached hydrogens (primary N) is 1. The molecule has 0 saturated heterocycles. The molecule has 0 aliphatic heterocycles. The van der Waals surface area contributed by atoms with Crippen LogP contribution in [0.4, 0.5) is 17.1 Å². The first-order valence-corrected chi connectivity index (χ1v) is 7.21. The van der Waals surface area contributed by atoms with Crippen LogP contribution >= 0.6 is 47.8 Å². The Hall–Kier alpha value is -0.520. The lowest BCUT2D eigenvalue weighted by Crippen LogP contribution is -1.96. The highest BCUT2D eigenvalue weighted by Crippen LogP contribution is 2.31. The van der Waals surface area contributed by atoms with Gasteiger partial charge in [0, 0.05) is 13.4 Å². The first-order chi connectivity index (χ1) is 8.06. The zero-order chi connectivity index (χ0) is 12.4. The summed E-state index contributed by atoms with van der Waals surface area (Å²) in [5.74, 6) is 0. The maximum atomic E-state index is 5.93. The maximum absolute atomic E-state index is 5.93. The van der Waals surface area contributed by atoms with Crippen molar-refractivity contribution in [3.05, 3.63) is 49.8 Å². The molecular formula is C12H9Br3N2. The first-order valence-electron chi connectivity index (χ1n) is 4.83. The van der Waals surface area contributed by atoms with Crippen LogP contribution in [0, 0.1) is 0 Å². The normalized spacial score (nSPS) is 10.3. The molecule has 0 heterocycles. The van der Waals surface area contributed by atoms with E-state index in [0.29, 0.717) is 5.69 Å². The van der Waals surface area contributed by atoms with Crippen LogP contribution < -0.4 is 11.1 Å². The van der Waals surface area contributed by atoms with E-state index in [4.69, 9.17) is 5.73 Å². The molecule has 0 amide bonds. The number of nitrogens with one attached hydrogen (secondary N) is 1. The summed E-state index contributed by atoms with van der Waals surface area (Å²) in [5, 5.41) is 3.28. The van der Waals surface area contributed by atoms with Crippen LogP contribution in [0.1, 0.15) is 0 Å². The Bertz CT molecular complexity index is 506. The Morgan fingerprint density at radius 3 is 2.00 bits per heavy atom. The van der Waals surface area contributed by atoms with E-state index in [1.54, 1.807) is 0 Å². The third kappa shape index (κ3) is 3.24. The van der Waals surface area contributed by atoms with Gasteiger partial charge in [-0.05, 0) is 52.3 Å². The number of rotatable bonds is 2. The highest BCUT2D eigenvalue weighted by atomic mass is 79.9. The molecule has 0 unspecified atom stereocenters. The van der Waals surface area contributed by atoms with Crippen molar-refractivity contribution in [2.24, 2.45) is 0 Å². The van der Waals surface area contributed by atoms with Crippen LogP contribution in [-0.2, 0) is 0 Å². The minimum atomic E-state index is 0.703. The lowest BCUT2D eigenvalue weighted by molar-refractivity contribution is 1.50. The second kappa shape index (κ2) is 5.42. The van der Waals surface area contributed by atoms with Gasteiger partial charge in [0.2, 0.25) is 0 Å². The summed E-state index contributed by atoms with van der Waals surface area (Å²) < 4.78 is 2.98. The van der Waals surface area contributed by atoms with Crippen molar-refractivity contribution in [3.8, 4) is 0 Å². The van der Waals surface area contributed by atoms with Crippen LogP contribution in [-0.4, -0.2) is 0 Å². The highest BCUT2D eigenvalue weighted by Gasteiger charge is 2.04. The van der Waals surface area contributed by atoms with E-state index >= 15 is 0 Å². The number of benzene rings is 2. The number of anilines is 3. The summed E-state index contributed by atoms with van der Waals surface area (Å²) in [6.07, 6.45) is 0. The SMILES string of the molecule is Nc1cc(Br)ccc1Nc1ccc(Br)cc1Br. The third-order valence-corrected chi connectivity index (χ3v) is 3.86.